The normalized spacial score (nSPS) is 10.1. The van der Waals surface area contributed by atoms with Gasteiger partial charge in [0.15, 0.2) is 6.61 Å². The SMILES string of the molecule is Cc1nc(-c2ccccc2)sc1C(=O)OCC(=O)N(CC#N)c1ccccc1. The van der Waals surface area contributed by atoms with E-state index in [2.05, 4.69) is 4.98 Å². The molecule has 140 valence electrons. The Labute approximate surface area is 166 Å². The highest BCUT2D eigenvalue weighted by atomic mass is 32.1. The van der Waals surface area contributed by atoms with Crippen molar-refractivity contribution in [2.24, 2.45) is 0 Å². The van der Waals surface area contributed by atoms with Crippen LogP contribution in [-0.2, 0) is 9.53 Å². The number of carbonyl (C=O) groups is 2. The van der Waals surface area contributed by atoms with Crippen molar-refractivity contribution in [1.82, 2.24) is 4.98 Å². The van der Waals surface area contributed by atoms with Crippen molar-refractivity contribution in [3.8, 4) is 16.6 Å². The van der Waals surface area contributed by atoms with E-state index < -0.39 is 18.5 Å². The van der Waals surface area contributed by atoms with Crippen molar-refractivity contribution in [2.45, 2.75) is 6.92 Å². The molecule has 28 heavy (non-hydrogen) atoms. The average Bonchev–Trinajstić information content (AvgIpc) is 3.13. The number of aromatic nitrogens is 1. The number of hydrogen-bond acceptors (Lipinski definition) is 6. The third-order valence-electron chi connectivity index (χ3n) is 3.93. The zero-order chi connectivity index (χ0) is 19.9. The van der Waals surface area contributed by atoms with Gasteiger partial charge >= 0.3 is 5.97 Å². The molecule has 0 saturated heterocycles. The molecule has 0 unspecified atom stereocenters. The number of nitriles is 1. The van der Waals surface area contributed by atoms with Gasteiger partial charge in [0.05, 0.1) is 11.8 Å². The lowest BCUT2D eigenvalue weighted by atomic mass is 10.2. The fourth-order valence-electron chi connectivity index (χ4n) is 2.56. The van der Waals surface area contributed by atoms with Crippen LogP contribution in [-0.4, -0.2) is 30.0 Å². The van der Waals surface area contributed by atoms with Crippen molar-refractivity contribution in [2.75, 3.05) is 18.1 Å². The topological polar surface area (TPSA) is 83.3 Å². The van der Waals surface area contributed by atoms with E-state index in [1.54, 1.807) is 31.2 Å². The summed E-state index contributed by atoms with van der Waals surface area (Å²) in [7, 11) is 0. The number of thiazole rings is 1. The molecule has 0 aliphatic carbocycles. The minimum Gasteiger partial charge on any atom is -0.451 e. The molecule has 3 rings (SSSR count). The van der Waals surface area contributed by atoms with E-state index in [-0.39, 0.29) is 6.54 Å². The molecular formula is C21H17N3O3S. The predicted molar refractivity (Wildman–Crippen MR) is 107 cm³/mol. The number of esters is 1. The Bertz CT molecular complexity index is 1010. The number of carbonyl (C=O) groups excluding carboxylic acids is 2. The number of ether oxygens (including phenoxy) is 1. The van der Waals surface area contributed by atoms with Crippen LogP contribution in [0.15, 0.2) is 60.7 Å². The number of benzene rings is 2. The minimum atomic E-state index is -0.601. The van der Waals surface area contributed by atoms with Gasteiger partial charge in [0.1, 0.15) is 16.4 Å². The largest absolute Gasteiger partial charge is 0.451 e. The zero-order valence-corrected chi connectivity index (χ0v) is 16.0. The Kier molecular flexibility index (Phi) is 6.14. The highest BCUT2D eigenvalue weighted by Gasteiger charge is 2.21. The number of amides is 1. The van der Waals surface area contributed by atoms with Gasteiger partial charge in [0, 0.05) is 11.3 Å². The summed E-state index contributed by atoms with van der Waals surface area (Å²) in [5.74, 6) is -1.07. The van der Waals surface area contributed by atoms with Crippen molar-refractivity contribution in [3.63, 3.8) is 0 Å². The summed E-state index contributed by atoms with van der Waals surface area (Å²) in [6.07, 6.45) is 0. The van der Waals surface area contributed by atoms with Gasteiger partial charge < -0.3 is 4.74 Å². The maximum Gasteiger partial charge on any atom is 0.350 e. The fourth-order valence-corrected chi connectivity index (χ4v) is 3.53. The molecule has 0 aliphatic heterocycles. The van der Waals surface area contributed by atoms with Crippen LogP contribution >= 0.6 is 11.3 Å². The lowest BCUT2D eigenvalue weighted by Gasteiger charge is -2.19. The molecule has 0 saturated carbocycles. The average molecular weight is 391 g/mol. The summed E-state index contributed by atoms with van der Waals surface area (Å²) in [5.41, 5.74) is 2.04. The minimum absolute atomic E-state index is 0.127. The molecular weight excluding hydrogens is 374 g/mol. The molecule has 3 aromatic rings. The monoisotopic (exact) mass is 391 g/mol. The van der Waals surface area contributed by atoms with E-state index in [4.69, 9.17) is 10.00 Å². The molecule has 2 aromatic carbocycles. The molecule has 0 atom stereocenters. The van der Waals surface area contributed by atoms with Crippen LogP contribution in [0.25, 0.3) is 10.6 Å². The van der Waals surface area contributed by atoms with Crippen molar-refractivity contribution in [1.29, 1.82) is 5.26 Å². The first-order valence-electron chi connectivity index (χ1n) is 8.52. The van der Waals surface area contributed by atoms with E-state index in [1.807, 2.05) is 42.5 Å². The van der Waals surface area contributed by atoms with E-state index in [9.17, 15) is 9.59 Å². The number of anilines is 1. The summed E-state index contributed by atoms with van der Waals surface area (Å²) in [4.78, 5) is 31.0. The first-order chi connectivity index (χ1) is 13.6. The van der Waals surface area contributed by atoms with Gasteiger partial charge in [-0.15, -0.1) is 11.3 Å². The maximum atomic E-state index is 12.5. The Hall–Kier alpha value is -3.50. The Morgan fingerprint density at radius 2 is 1.75 bits per heavy atom. The molecule has 0 aliphatic rings. The van der Waals surface area contributed by atoms with Gasteiger partial charge in [-0.2, -0.15) is 5.26 Å². The van der Waals surface area contributed by atoms with Crippen LogP contribution in [0.1, 0.15) is 15.4 Å². The van der Waals surface area contributed by atoms with E-state index in [1.165, 1.54) is 16.2 Å². The predicted octanol–water partition coefficient (Wildman–Crippen LogP) is 3.83. The third kappa shape index (κ3) is 4.42. The van der Waals surface area contributed by atoms with Gasteiger partial charge in [-0.25, -0.2) is 9.78 Å². The number of para-hydroxylation sites is 1. The van der Waals surface area contributed by atoms with E-state index >= 15 is 0 Å². The van der Waals surface area contributed by atoms with Crippen molar-refractivity contribution in [3.05, 3.63) is 71.2 Å². The van der Waals surface area contributed by atoms with Gasteiger partial charge in [-0.3, -0.25) is 9.69 Å². The number of nitrogens with zero attached hydrogens (tertiary/aromatic N) is 3. The number of hydrogen-bond donors (Lipinski definition) is 0. The van der Waals surface area contributed by atoms with E-state index in [0.29, 0.717) is 21.3 Å². The van der Waals surface area contributed by atoms with Crippen molar-refractivity contribution < 1.29 is 14.3 Å². The first-order valence-corrected chi connectivity index (χ1v) is 9.34. The second-order valence-electron chi connectivity index (χ2n) is 5.85. The lowest BCUT2D eigenvalue weighted by molar-refractivity contribution is -0.121. The molecule has 0 bridgehead atoms. The summed E-state index contributed by atoms with van der Waals surface area (Å²) < 4.78 is 5.20. The quantitative estimate of drug-likeness (QED) is 0.471. The molecule has 1 aromatic heterocycles. The summed E-state index contributed by atoms with van der Waals surface area (Å²) >= 11 is 1.22. The first kappa shape index (κ1) is 19.3. The summed E-state index contributed by atoms with van der Waals surface area (Å²) in [6, 6.07) is 20.3. The Morgan fingerprint density at radius 1 is 1.11 bits per heavy atom. The molecule has 0 spiro atoms. The second kappa shape index (κ2) is 8.93. The van der Waals surface area contributed by atoms with Gasteiger partial charge in [-0.05, 0) is 19.1 Å². The fraction of sp³-hybridized carbons (Fsp3) is 0.143. The molecule has 6 nitrogen and oxygen atoms in total. The highest BCUT2D eigenvalue weighted by molar-refractivity contribution is 7.17. The Morgan fingerprint density at radius 3 is 2.39 bits per heavy atom. The standard InChI is InChI=1S/C21H17N3O3S/c1-15-19(28-20(23-15)16-8-4-2-5-9-16)21(26)27-14-18(25)24(13-12-22)17-10-6-3-7-11-17/h2-11H,13-14H2,1H3. The second-order valence-corrected chi connectivity index (χ2v) is 6.85. The number of aryl methyl sites for hydroxylation is 1. The summed E-state index contributed by atoms with van der Waals surface area (Å²) in [5, 5.41) is 9.71. The van der Waals surface area contributed by atoms with E-state index in [0.717, 1.165) is 5.56 Å². The Balaban J connectivity index is 1.69. The molecule has 0 N–H and O–H groups in total. The van der Waals surface area contributed by atoms with Gasteiger partial charge in [0.25, 0.3) is 5.91 Å². The molecule has 1 amide bonds. The van der Waals surface area contributed by atoms with Crippen LogP contribution in [0.3, 0.4) is 0 Å². The molecule has 1 heterocycles. The molecule has 7 heteroatoms. The van der Waals surface area contributed by atoms with Gasteiger partial charge in [0.2, 0.25) is 0 Å². The van der Waals surface area contributed by atoms with Crippen LogP contribution in [0.2, 0.25) is 0 Å². The maximum absolute atomic E-state index is 12.5. The highest BCUT2D eigenvalue weighted by Crippen LogP contribution is 2.28. The van der Waals surface area contributed by atoms with Crippen molar-refractivity contribution >= 4 is 28.9 Å². The van der Waals surface area contributed by atoms with Crippen LogP contribution in [0.5, 0.6) is 0 Å². The molecule has 0 radical (unpaired) electrons. The van der Waals surface area contributed by atoms with Gasteiger partial charge in [-0.1, -0.05) is 48.5 Å². The molecule has 0 fully saturated rings. The van der Waals surface area contributed by atoms with Crippen LogP contribution in [0.4, 0.5) is 5.69 Å². The number of rotatable bonds is 6. The summed E-state index contributed by atoms with van der Waals surface area (Å²) in [6.45, 7) is 1.15. The van der Waals surface area contributed by atoms with Crippen LogP contribution in [0, 0.1) is 18.3 Å². The van der Waals surface area contributed by atoms with Crippen LogP contribution < -0.4 is 4.90 Å². The lowest BCUT2D eigenvalue weighted by Crippen LogP contribution is -2.35. The third-order valence-corrected chi connectivity index (χ3v) is 5.11. The zero-order valence-electron chi connectivity index (χ0n) is 15.2. The smallest absolute Gasteiger partial charge is 0.350 e.